The molecule has 1 unspecified atom stereocenters. The molecule has 3 aromatic heterocycles. The molecule has 8 nitrogen and oxygen atoms in total. The second kappa shape index (κ2) is 6.54. The topological polar surface area (TPSA) is 77.0 Å². The number of aryl methyl sites for hydroxylation is 1. The van der Waals surface area contributed by atoms with Gasteiger partial charge in [-0.2, -0.15) is 19.7 Å². The molecule has 0 N–H and O–H groups in total. The van der Waals surface area contributed by atoms with Gasteiger partial charge in [-0.05, 0) is 25.7 Å². The highest BCUT2D eigenvalue weighted by atomic mass is 15.4. The third-order valence-corrected chi connectivity index (χ3v) is 4.58. The molecule has 4 heterocycles. The number of fused-ring (bicyclic) bond motifs is 1. The summed E-state index contributed by atoms with van der Waals surface area (Å²) in [5.74, 6) is 1.77. The zero-order chi connectivity index (χ0) is 16.4. The monoisotopic (exact) mass is 326 g/mol. The Bertz CT molecular complexity index is 794. The molecule has 0 aliphatic carbocycles. The van der Waals surface area contributed by atoms with E-state index in [9.17, 15) is 0 Å². The molecule has 1 aliphatic rings. The maximum absolute atomic E-state index is 4.62. The molecule has 0 bridgehead atoms. The summed E-state index contributed by atoms with van der Waals surface area (Å²) in [6.07, 6.45) is 10.6. The molecule has 3 aromatic rings. The summed E-state index contributed by atoms with van der Waals surface area (Å²) < 4.78 is 3.77. The van der Waals surface area contributed by atoms with E-state index in [0.717, 1.165) is 43.9 Å². The zero-order valence-electron chi connectivity index (χ0n) is 13.9. The number of anilines is 1. The minimum Gasteiger partial charge on any atom is -0.352 e. The van der Waals surface area contributed by atoms with Crippen molar-refractivity contribution in [2.75, 3.05) is 11.4 Å². The van der Waals surface area contributed by atoms with Crippen LogP contribution in [0.4, 0.5) is 5.82 Å². The Morgan fingerprint density at radius 2 is 2.17 bits per heavy atom. The lowest BCUT2D eigenvalue weighted by Crippen LogP contribution is -2.43. The van der Waals surface area contributed by atoms with Crippen LogP contribution in [0.1, 0.15) is 38.3 Å². The molecular weight excluding hydrogens is 304 g/mol. The molecule has 1 atom stereocenters. The van der Waals surface area contributed by atoms with Gasteiger partial charge in [0.2, 0.25) is 0 Å². The van der Waals surface area contributed by atoms with Crippen molar-refractivity contribution in [3.05, 3.63) is 30.7 Å². The number of hydrogen-bond acceptors (Lipinski definition) is 6. The first-order valence-electron chi connectivity index (χ1n) is 8.64. The van der Waals surface area contributed by atoms with Crippen molar-refractivity contribution in [1.29, 1.82) is 0 Å². The van der Waals surface area contributed by atoms with Crippen molar-refractivity contribution in [2.45, 2.75) is 51.6 Å². The number of hydrogen-bond donors (Lipinski definition) is 0. The second-order valence-electron chi connectivity index (χ2n) is 6.29. The maximum atomic E-state index is 4.62. The highest BCUT2D eigenvalue weighted by Crippen LogP contribution is 2.26. The minimum atomic E-state index is 0.379. The molecule has 0 saturated carbocycles. The van der Waals surface area contributed by atoms with Gasteiger partial charge < -0.3 is 4.90 Å². The molecule has 24 heavy (non-hydrogen) atoms. The van der Waals surface area contributed by atoms with Gasteiger partial charge in [-0.15, -0.1) is 0 Å². The Labute approximate surface area is 140 Å². The fourth-order valence-electron chi connectivity index (χ4n) is 3.47. The predicted octanol–water partition coefficient (Wildman–Crippen LogP) is 1.73. The SMILES string of the molecule is CCCc1cc(N2CCCCC2Cn2cncn2)n2ncnc2n1. The van der Waals surface area contributed by atoms with E-state index in [4.69, 9.17) is 0 Å². The summed E-state index contributed by atoms with van der Waals surface area (Å²) >= 11 is 0. The average Bonchev–Trinajstić information content (AvgIpc) is 3.26. The van der Waals surface area contributed by atoms with Gasteiger partial charge in [0.1, 0.15) is 24.8 Å². The molecule has 126 valence electrons. The Kier molecular flexibility index (Phi) is 4.10. The van der Waals surface area contributed by atoms with E-state index in [0.29, 0.717) is 11.8 Å². The van der Waals surface area contributed by atoms with Crippen LogP contribution >= 0.6 is 0 Å². The van der Waals surface area contributed by atoms with Gasteiger partial charge in [-0.3, -0.25) is 4.68 Å². The van der Waals surface area contributed by atoms with Crippen molar-refractivity contribution < 1.29 is 0 Å². The molecule has 0 amide bonds. The smallest absolute Gasteiger partial charge is 0.254 e. The van der Waals surface area contributed by atoms with Crippen LogP contribution in [0.2, 0.25) is 0 Å². The van der Waals surface area contributed by atoms with Gasteiger partial charge in [-0.25, -0.2) is 9.97 Å². The number of aromatic nitrogens is 7. The van der Waals surface area contributed by atoms with Gasteiger partial charge >= 0.3 is 0 Å². The van der Waals surface area contributed by atoms with Crippen LogP contribution in [0.25, 0.3) is 5.78 Å². The van der Waals surface area contributed by atoms with E-state index in [1.807, 2.05) is 9.20 Å². The lowest BCUT2D eigenvalue weighted by Gasteiger charge is -2.37. The third kappa shape index (κ3) is 2.83. The van der Waals surface area contributed by atoms with Crippen LogP contribution in [0.5, 0.6) is 0 Å². The summed E-state index contributed by atoms with van der Waals surface area (Å²) in [4.78, 5) is 15.4. The predicted molar refractivity (Wildman–Crippen MR) is 89.8 cm³/mol. The lowest BCUT2D eigenvalue weighted by atomic mass is 10.0. The molecule has 4 rings (SSSR count). The summed E-state index contributed by atoms with van der Waals surface area (Å²) in [6.45, 7) is 4.02. The molecule has 8 heteroatoms. The largest absolute Gasteiger partial charge is 0.352 e. The fraction of sp³-hybridized carbons (Fsp3) is 0.562. The van der Waals surface area contributed by atoms with Gasteiger partial charge in [0, 0.05) is 18.3 Å². The Hall–Kier alpha value is -2.51. The van der Waals surface area contributed by atoms with Crippen LogP contribution in [0.3, 0.4) is 0 Å². The van der Waals surface area contributed by atoms with Crippen LogP contribution in [0, 0.1) is 0 Å². The van der Waals surface area contributed by atoms with Gasteiger partial charge in [0.25, 0.3) is 5.78 Å². The highest BCUT2D eigenvalue weighted by molar-refractivity contribution is 5.48. The van der Waals surface area contributed by atoms with Crippen molar-refractivity contribution in [3.63, 3.8) is 0 Å². The van der Waals surface area contributed by atoms with Crippen molar-refractivity contribution in [3.8, 4) is 0 Å². The first-order valence-corrected chi connectivity index (χ1v) is 8.64. The van der Waals surface area contributed by atoms with Crippen molar-refractivity contribution in [2.24, 2.45) is 0 Å². The van der Waals surface area contributed by atoms with Crippen LogP contribution in [-0.2, 0) is 13.0 Å². The van der Waals surface area contributed by atoms with Gasteiger partial charge in [0.05, 0.1) is 12.6 Å². The Morgan fingerprint density at radius 1 is 1.21 bits per heavy atom. The summed E-state index contributed by atoms with van der Waals surface area (Å²) in [5.41, 5.74) is 1.08. The first-order chi connectivity index (χ1) is 11.8. The molecule has 1 fully saturated rings. The number of rotatable bonds is 5. The van der Waals surface area contributed by atoms with E-state index in [1.54, 1.807) is 19.0 Å². The lowest BCUT2D eigenvalue weighted by molar-refractivity contribution is 0.394. The van der Waals surface area contributed by atoms with Crippen molar-refractivity contribution in [1.82, 2.24) is 34.3 Å². The van der Waals surface area contributed by atoms with E-state index >= 15 is 0 Å². The molecule has 1 aliphatic heterocycles. The quantitative estimate of drug-likeness (QED) is 0.710. The maximum Gasteiger partial charge on any atom is 0.254 e. The molecule has 0 radical (unpaired) electrons. The number of nitrogens with zero attached hydrogens (tertiary/aromatic N) is 8. The van der Waals surface area contributed by atoms with Crippen LogP contribution in [0.15, 0.2) is 25.0 Å². The molecule has 0 spiro atoms. The zero-order valence-corrected chi connectivity index (χ0v) is 13.9. The van der Waals surface area contributed by atoms with E-state index in [1.165, 1.54) is 12.8 Å². The van der Waals surface area contributed by atoms with Crippen LogP contribution < -0.4 is 4.90 Å². The highest BCUT2D eigenvalue weighted by Gasteiger charge is 2.26. The Balaban J connectivity index is 1.71. The third-order valence-electron chi connectivity index (χ3n) is 4.58. The number of piperidine rings is 1. The van der Waals surface area contributed by atoms with Crippen molar-refractivity contribution >= 4 is 11.6 Å². The standard InChI is InChI=1S/C16H22N8/c1-2-5-13-8-15(24-16(21-13)18-11-20-24)23-7-4-3-6-14(23)9-22-12-17-10-19-22/h8,10-12,14H,2-7,9H2,1H3. The van der Waals surface area contributed by atoms with Gasteiger partial charge in [-0.1, -0.05) is 13.3 Å². The van der Waals surface area contributed by atoms with Gasteiger partial charge in [0.15, 0.2) is 0 Å². The normalized spacial score (nSPS) is 18.4. The summed E-state index contributed by atoms with van der Waals surface area (Å²) in [6, 6.07) is 2.55. The van der Waals surface area contributed by atoms with E-state index in [-0.39, 0.29) is 0 Å². The summed E-state index contributed by atoms with van der Waals surface area (Å²) in [5, 5.41) is 8.66. The van der Waals surface area contributed by atoms with E-state index < -0.39 is 0 Å². The second-order valence-corrected chi connectivity index (χ2v) is 6.29. The molecule has 1 saturated heterocycles. The summed E-state index contributed by atoms with van der Waals surface area (Å²) in [7, 11) is 0. The molecule has 0 aromatic carbocycles. The van der Waals surface area contributed by atoms with Crippen LogP contribution in [-0.4, -0.2) is 46.9 Å². The first kappa shape index (κ1) is 15.0. The Morgan fingerprint density at radius 3 is 3.00 bits per heavy atom. The van der Waals surface area contributed by atoms with E-state index in [2.05, 4.69) is 43.0 Å². The average molecular weight is 326 g/mol. The fourth-order valence-corrected chi connectivity index (χ4v) is 3.47. The minimum absolute atomic E-state index is 0.379. The molecular formula is C16H22N8.